The molecule has 0 aliphatic carbocycles. The fourth-order valence-electron chi connectivity index (χ4n) is 2.40. The lowest BCUT2D eigenvalue weighted by Crippen LogP contribution is -2.46. The zero-order valence-corrected chi connectivity index (χ0v) is 11.6. The molecular weight excluding hydrogens is 238 g/mol. The number of nitrogen functional groups attached to an aromatic ring is 1. The highest BCUT2D eigenvalue weighted by molar-refractivity contribution is 5.76. The minimum atomic E-state index is 0.281. The average molecular weight is 261 g/mol. The molecule has 0 aromatic heterocycles. The molecule has 0 bridgehead atoms. The lowest BCUT2D eigenvalue weighted by atomic mass is 9.96. The number of nitrogens with zero attached hydrogens (tertiary/aromatic N) is 1. The maximum absolute atomic E-state index is 12.1. The number of hydrogen-bond acceptors (Lipinski definition) is 3. The van der Waals surface area contributed by atoms with Gasteiger partial charge in [0.15, 0.2) is 0 Å². The molecular formula is C15H23N3O. The van der Waals surface area contributed by atoms with Gasteiger partial charge in [-0.15, -0.1) is 0 Å². The third kappa shape index (κ3) is 3.96. The highest BCUT2D eigenvalue weighted by Crippen LogP contribution is 2.22. The van der Waals surface area contributed by atoms with Crippen LogP contribution in [-0.4, -0.2) is 37.0 Å². The van der Waals surface area contributed by atoms with Crippen LogP contribution in [0.5, 0.6) is 0 Å². The number of amides is 1. The monoisotopic (exact) mass is 261 g/mol. The Kier molecular flexibility index (Phi) is 4.80. The molecule has 3 N–H and O–H groups in total. The Balaban J connectivity index is 1.80. The van der Waals surface area contributed by atoms with Crippen molar-refractivity contribution in [3.63, 3.8) is 0 Å². The summed E-state index contributed by atoms with van der Waals surface area (Å²) in [6, 6.07) is 7.94. The minimum absolute atomic E-state index is 0.281. The molecule has 4 heteroatoms. The lowest BCUT2D eigenvalue weighted by Gasteiger charge is -2.27. The highest BCUT2D eigenvalue weighted by atomic mass is 16.2. The molecule has 1 amide bonds. The predicted octanol–water partition coefficient (Wildman–Crippen LogP) is 1.58. The van der Waals surface area contributed by atoms with Crippen molar-refractivity contribution in [3.8, 4) is 0 Å². The van der Waals surface area contributed by atoms with E-state index in [0.29, 0.717) is 12.3 Å². The molecule has 1 saturated heterocycles. The molecule has 1 aliphatic rings. The number of nitrogens with one attached hydrogen (secondary N) is 1. The van der Waals surface area contributed by atoms with E-state index in [-0.39, 0.29) is 5.91 Å². The summed E-state index contributed by atoms with van der Waals surface area (Å²) in [6.07, 6.45) is 1.53. The van der Waals surface area contributed by atoms with E-state index in [1.54, 1.807) is 0 Å². The molecule has 19 heavy (non-hydrogen) atoms. The number of nitrogens with two attached hydrogens (primary N) is 1. The van der Waals surface area contributed by atoms with Crippen molar-refractivity contribution < 1.29 is 4.79 Å². The van der Waals surface area contributed by atoms with Crippen LogP contribution in [0.25, 0.3) is 0 Å². The van der Waals surface area contributed by atoms with Crippen molar-refractivity contribution >= 4 is 11.6 Å². The quantitative estimate of drug-likeness (QED) is 0.809. The van der Waals surface area contributed by atoms with Crippen LogP contribution in [0.3, 0.4) is 0 Å². The van der Waals surface area contributed by atoms with Crippen LogP contribution in [0.15, 0.2) is 24.3 Å². The highest BCUT2D eigenvalue weighted by Gasteiger charge is 2.17. The van der Waals surface area contributed by atoms with E-state index in [2.05, 4.69) is 24.4 Å². The summed E-state index contributed by atoms with van der Waals surface area (Å²) < 4.78 is 0. The summed E-state index contributed by atoms with van der Waals surface area (Å²) in [7, 11) is 0. The van der Waals surface area contributed by atoms with Crippen LogP contribution in [0.1, 0.15) is 31.2 Å². The summed E-state index contributed by atoms with van der Waals surface area (Å²) in [5, 5.41) is 3.26. The molecule has 1 heterocycles. The van der Waals surface area contributed by atoms with Gasteiger partial charge in [0.2, 0.25) is 5.91 Å². The van der Waals surface area contributed by atoms with E-state index in [4.69, 9.17) is 5.73 Å². The van der Waals surface area contributed by atoms with Crippen LogP contribution in [0.4, 0.5) is 5.69 Å². The number of anilines is 1. The van der Waals surface area contributed by atoms with Crippen molar-refractivity contribution in [2.45, 2.75) is 25.7 Å². The summed E-state index contributed by atoms with van der Waals surface area (Å²) in [4.78, 5) is 14.0. The third-order valence-electron chi connectivity index (χ3n) is 3.77. The molecule has 0 spiro atoms. The van der Waals surface area contributed by atoms with Crippen LogP contribution in [0, 0.1) is 0 Å². The van der Waals surface area contributed by atoms with Crippen molar-refractivity contribution in [1.82, 2.24) is 10.2 Å². The first-order valence-corrected chi connectivity index (χ1v) is 7.01. The molecule has 0 saturated carbocycles. The number of benzene rings is 1. The fraction of sp³-hybridized carbons (Fsp3) is 0.533. The second-order valence-corrected chi connectivity index (χ2v) is 5.24. The summed E-state index contributed by atoms with van der Waals surface area (Å²) in [5.74, 6) is 0.677. The number of piperazine rings is 1. The first kappa shape index (κ1) is 13.9. The largest absolute Gasteiger partial charge is 0.399 e. The second kappa shape index (κ2) is 6.57. The van der Waals surface area contributed by atoms with Crippen LogP contribution < -0.4 is 11.1 Å². The maximum Gasteiger partial charge on any atom is 0.222 e. The van der Waals surface area contributed by atoms with Crippen molar-refractivity contribution in [2.24, 2.45) is 0 Å². The number of rotatable bonds is 4. The topological polar surface area (TPSA) is 58.4 Å². The van der Waals surface area contributed by atoms with Gasteiger partial charge in [0.25, 0.3) is 0 Å². The van der Waals surface area contributed by atoms with E-state index >= 15 is 0 Å². The van der Waals surface area contributed by atoms with Crippen molar-refractivity contribution in [2.75, 3.05) is 31.9 Å². The minimum Gasteiger partial charge on any atom is -0.399 e. The average Bonchev–Trinajstić information content (AvgIpc) is 2.46. The molecule has 1 atom stereocenters. The van der Waals surface area contributed by atoms with Crippen LogP contribution in [-0.2, 0) is 4.79 Å². The number of hydrogen-bond donors (Lipinski definition) is 2. The SMILES string of the molecule is CC(CCC(=O)N1CCNCC1)c1ccc(N)cc1. The van der Waals surface area contributed by atoms with E-state index in [1.807, 2.05) is 17.0 Å². The zero-order valence-electron chi connectivity index (χ0n) is 11.6. The van der Waals surface area contributed by atoms with Gasteiger partial charge in [-0.2, -0.15) is 0 Å². The Morgan fingerprint density at radius 1 is 1.32 bits per heavy atom. The smallest absolute Gasteiger partial charge is 0.222 e. The van der Waals surface area contributed by atoms with Gasteiger partial charge in [0.05, 0.1) is 0 Å². The van der Waals surface area contributed by atoms with Gasteiger partial charge in [-0.05, 0) is 30.0 Å². The molecule has 1 unspecified atom stereocenters. The van der Waals surface area contributed by atoms with Crippen molar-refractivity contribution in [1.29, 1.82) is 0 Å². The van der Waals surface area contributed by atoms with Gasteiger partial charge < -0.3 is 16.0 Å². The molecule has 1 fully saturated rings. The van der Waals surface area contributed by atoms with Crippen LogP contribution in [0.2, 0.25) is 0 Å². The van der Waals surface area contributed by atoms with E-state index in [9.17, 15) is 4.79 Å². The van der Waals surface area contributed by atoms with E-state index < -0.39 is 0 Å². The van der Waals surface area contributed by atoms with E-state index in [0.717, 1.165) is 38.3 Å². The van der Waals surface area contributed by atoms with Crippen molar-refractivity contribution in [3.05, 3.63) is 29.8 Å². The first-order chi connectivity index (χ1) is 9.16. The van der Waals surface area contributed by atoms with Gasteiger partial charge in [-0.3, -0.25) is 4.79 Å². The Bertz CT molecular complexity index is 410. The molecule has 4 nitrogen and oxygen atoms in total. The summed E-state index contributed by atoms with van der Waals surface area (Å²) in [5.41, 5.74) is 7.72. The second-order valence-electron chi connectivity index (χ2n) is 5.24. The Morgan fingerprint density at radius 3 is 2.58 bits per heavy atom. The maximum atomic E-state index is 12.1. The zero-order chi connectivity index (χ0) is 13.7. The first-order valence-electron chi connectivity index (χ1n) is 7.01. The normalized spacial score (nSPS) is 17.2. The van der Waals surface area contributed by atoms with Gasteiger partial charge >= 0.3 is 0 Å². The van der Waals surface area contributed by atoms with Gasteiger partial charge in [-0.1, -0.05) is 19.1 Å². The summed E-state index contributed by atoms with van der Waals surface area (Å²) in [6.45, 7) is 5.68. The Hall–Kier alpha value is -1.55. The molecule has 1 aromatic rings. The summed E-state index contributed by atoms with van der Waals surface area (Å²) >= 11 is 0. The van der Waals surface area contributed by atoms with Gasteiger partial charge in [-0.25, -0.2) is 0 Å². The van der Waals surface area contributed by atoms with Gasteiger partial charge in [0, 0.05) is 38.3 Å². The molecule has 0 radical (unpaired) electrons. The third-order valence-corrected chi connectivity index (χ3v) is 3.77. The molecule has 2 rings (SSSR count). The fourth-order valence-corrected chi connectivity index (χ4v) is 2.40. The predicted molar refractivity (Wildman–Crippen MR) is 78.0 cm³/mol. The molecule has 104 valence electrons. The Labute approximate surface area is 115 Å². The molecule has 1 aromatic carbocycles. The molecule has 1 aliphatic heterocycles. The number of carbonyl (C=O) groups is 1. The van der Waals surface area contributed by atoms with E-state index in [1.165, 1.54) is 5.56 Å². The standard InChI is InChI=1S/C15H23N3O/c1-12(13-3-5-14(16)6-4-13)2-7-15(19)18-10-8-17-9-11-18/h3-6,12,17H,2,7-11,16H2,1H3. The Morgan fingerprint density at radius 2 is 1.95 bits per heavy atom. The number of carbonyl (C=O) groups excluding carboxylic acids is 1. The van der Waals surface area contributed by atoms with Gasteiger partial charge in [0.1, 0.15) is 0 Å². The lowest BCUT2D eigenvalue weighted by molar-refractivity contribution is -0.131. The van der Waals surface area contributed by atoms with Crippen LogP contribution >= 0.6 is 0 Å².